The highest BCUT2D eigenvalue weighted by Gasteiger charge is 2.24. The fourth-order valence-corrected chi connectivity index (χ4v) is 2.85. The molecule has 23 heavy (non-hydrogen) atoms. The lowest BCUT2D eigenvalue weighted by molar-refractivity contribution is -0.145. The summed E-state index contributed by atoms with van der Waals surface area (Å²) in [7, 11) is 0. The molecule has 0 aromatic heterocycles. The van der Waals surface area contributed by atoms with Gasteiger partial charge in [-0.15, -0.1) is 0 Å². The molecule has 2 aromatic rings. The van der Waals surface area contributed by atoms with E-state index in [1.165, 1.54) is 0 Å². The summed E-state index contributed by atoms with van der Waals surface area (Å²) in [4.78, 5) is 11.6. The van der Waals surface area contributed by atoms with Gasteiger partial charge in [-0.05, 0) is 34.7 Å². The Bertz CT molecular complexity index is 689. The highest BCUT2D eigenvalue weighted by molar-refractivity contribution is 9.10. The molecule has 0 unspecified atom stereocenters. The number of hydrogen-bond acceptors (Lipinski definition) is 2. The van der Waals surface area contributed by atoms with Crippen LogP contribution in [-0.2, 0) is 16.6 Å². The Morgan fingerprint density at radius 3 is 2.48 bits per heavy atom. The molecule has 0 bridgehead atoms. The van der Waals surface area contributed by atoms with Crippen LogP contribution in [-0.4, -0.2) is 17.2 Å². The van der Waals surface area contributed by atoms with Crippen LogP contribution in [0, 0.1) is 0 Å². The van der Waals surface area contributed by atoms with E-state index in [-0.39, 0.29) is 5.41 Å². The van der Waals surface area contributed by atoms with Gasteiger partial charge in [0.15, 0.2) is 6.10 Å². The van der Waals surface area contributed by atoms with Crippen LogP contribution in [0.5, 0.6) is 5.75 Å². The second kappa shape index (κ2) is 7.18. The van der Waals surface area contributed by atoms with E-state index in [4.69, 9.17) is 4.74 Å². The van der Waals surface area contributed by atoms with Crippen LogP contribution >= 0.6 is 15.9 Å². The van der Waals surface area contributed by atoms with E-state index in [1.807, 2.05) is 48.5 Å². The van der Waals surface area contributed by atoms with Crippen molar-refractivity contribution in [2.24, 2.45) is 0 Å². The Hall–Kier alpha value is -1.81. The standard InChI is InChI=1S/C19H21BrO3/c1-19(2,3)15-9-4-5-10-16(15)23-17(18(21)22)12-13-7-6-8-14(20)11-13/h4-11,17H,12H2,1-3H3,(H,21,22)/t17-/m1/s1. The molecule has 0 aliphatic heterocycles. The number of halogens is 1. The molecular weight excluding hydrogens is 356 g/mol. The molecule has 4 heteroatoms. The van der Waals surface area contributed by atoms with Crippen molar-refractivity contribution in [2.75, 3.05) is 0 Å². The third-order valence-electron chi connectivity index (χ3n) is 3.55. The normalized spacial score (nSPS) is 12.7. The van der Waals surface area contributed by atoms with Crippen LogP contribution in [0.3, 0.4) is 0 Å². The van der Waals surface area contributed by atoms with Crippen molar-refractivity contribution in [3.8, 4) is 5.75 Å². The predicted molar refractivity (Wildman–Crippen MR) is 95.0 cm³/mol. The van der Waals surface area contributed by atoms with Crippen molar-refractivity contribution in [1.82, 2.24) is 0 Å². The average molecular weight is 377 g/mol. The van der Waals surface area contributed by atoms with Gasteiger partial charge < -0.3 is 9.84 Å². The van der Waals surface area contributed by atoms with Gasteiger partial charge in [-0.1, -0.05) is 67.0 Å². The van der Waals surface area contributed by atoms with Crippen molar-refractivity contribution < 1.29 is 14.6 Å². The van der Waals surface area contributed by atoms with E-state index in [2.05, 4.69) is 36.7 Å². The minimum atomic E-state index is -0.964. The lowest BCUT2D eigenvalue weighted by atomic mass is 9.86. The Balaban J connectivity index is 2.26. The first-order valence-electron chi connectivity index (χ1n) is 7.51. The summed E-state index contributed by atoms with van der Waals surface area (Å²) in [6.07, 6.45) is -0.611. The molecule has 1 N–H and O–H groups in total. The fourth-order valence-electron chi connectivity index (χ4n) is 2.40. The van der Waals surface area contributed by atoms with Gasteiger partial charge >= 0.3 is 5.97 Å². The topological polar surface area (TPSA) is 46.5 Å². The number of carboxylic acids is 1. The van der Waals surface area contributed by atoms with Crippen molar-refractivity contribution >= 4 is 21.9 Å². The summed E-state index contributed by atoms with van der Waals surface area (Å²) in [5.41, 5.74) is 1.80. The zero-order chi connectivity index (χ0) is 17.0. The van der Waals surface area contributed by atoms with E-state index in [0.29, 0.717) is 12.2 Å². The Kier molecular flexibility index (Phi) is 5.47. The van der Waals surface area contributed by atoms with E-state index in [0.717, 1.165) is 15.6 Å². The Morgan fingerprint density at radius 1 is 1.17 bits per heavy atom. The lowest BCUT2D eigenvalue weighted by Crippen LogP contribution is -2.30. The monoisotopic (exact) mass is 376 g/mol. The molecule has 1 atom stereocenters. The third-order valence-corrected chi connectivity index (χ3v) is 4.04. The first-order chi connectivity index (χ1) is 10.8. The van der Waals surface area contributed by atoms with Gasteiger partial charge in [0.25, 0.3) is 0 Å². The summed E-state index contributed by atoms with van der Waals surface area (Å²) >= 11 is 3.41. The SMILES string of the molecule is CC(C)(C)c1ccccc1O[C@H](Cc1cccc(Br)c1)C(=O)O. The van der Waals surface area contributed by atoms with Crippen molar-refractivity contribution in [2.45, 2.75) is 38.7 Å². The number of para-hydroxylation sites is 1. The predicted octanol–water partition coefficient (Wildman–Crippen LogP) is 4.82. The molecule has 0 fully saturated rings. The van der Waals surface area contributed by atoms with Gasteiger partial charge in [0.05, 0.1) is 0 Å². The van der Waals surface area contributed by atoms with Crippen molar-refractivity contribution in [3.63, 3.8) is 0 Å². The largest absolute Gasteiger partial charge is 0.478 e. The number of aliphatic carboxylic acids is 1. The quantitative estimate of drug-likeness (QED) is 0.813. The minimum Gasteiger partial charge on any atom is -0.478 e. The maximum Gasteiger partial charge on any atom is 0.345 e. The van der Waals surface area contributed by atoms with E-state index < -0.39 is 12.1 Å². The second-order valence-corrected chi connectivity index (χ2v) is 7.44. The molecule has 0 saturated heterocycles. The number of rotatable bonds is 5. The summed E-state index contributed by atoms with van der Waals surface area (Å²) in [6.45, 7) is 6.25. The van der Waals surface area contributed by atoms with Gasteiger partial charge in [0.1, 0.15) is 5.75 Å². The Labute approximate surface area is 145 Å². The molecule has 2 rings (SSSR count). The summed E-state index contributed by atoms with van der Waals surface area (Å²) in [5, 5.41) is 9.52. The van der Waals surface area contributed by atoms with Gasteiger partial charge in [-0.3, -0.25) is 0 Å². The molecule has 0 heterocycles. The van der Waals surface area contributed by atoms with Crippen LogP contribution in [0.25, 0.3) is 0 Å². The van der Waals surface area contributed by atoms with Gasteiger partial charge in [-0.25, -0.2) is 4.79 Å². The highest BCUT2D eigenvalue weighted by Crippen LogP contribution is 2.32. The second-order valence-electron chi connectivity index (χ2n) is 6.52. The minimum absolute atomic E-state index is 0.116. The van der Waals surface area contributed by atoms with Crippen LogP contribution in [0.2, 0.25) is 0 Å². The zero-order valence-electron chi connectivity index (χ0n) is 13.5. The molecule has 0 saturated carbocycles. The van der Waals surface area contributed by atoms with Crippen LogP contribution in [0.4, 0.5) is 0 Å². The van der Waals surface area contributed by atoms with E-state index in [1.54, 1.807) is 0 Å². The first kappa shape index (κ1) is 17.5. The lowest BCUT2D eigenvalue weighted by Gasteiger charge is -2.24. The van der Waals surface area contributed by atoms with Crippen molar-refractivity contribution in [3.05, 3.63) is 64.1 Å². The number of hydrogen-bond donors (Lipinski definition) is 1. The van der Waals surface area contributed by atoms with Gasteiger partial charge in [-0.2, -0.15) is 0 Å². The first-order valence-corrected chi connectivity index (χ1v) is 8.30. The average Bonchev–Trinajstić information content (AvgIpc) is 2.46. The van der Waals surface area contributed by atoms with E-state index in [9.17, 15) is 9.90 Å². The number of carbonyl (C=O) groups is 1. The smallest absolute Gasteiger partial charge is 0.345 e. The molecule has 0 amide bonds. The summed E-state index contributed by atoms with van der Waals surface area (Å²) in [5.74, 6) is -0.337. The van der Waals surface area contributed by atoms with Crippen LogP contribution in [0.15, 0.2) is 53.0 Å². The molecule has 3 nitrogen and oxygen atoms in total. The van der Waals surface area contributed by atoms with Crippen LogP contribution in [0.1, 0.15) is 31.9 Å². The maximum absolute atomic E-state index is 11.6. The number of benzene rings is 2. The molecule has 122 valence electrons. The Morgan fingerprint density at radius 2 is 1.87 bits per heavy atom. The van der Waals surface area contributed by atoms with Crippen molar-refractivity contribution in [1.29, 1.82) is 0 Å². The molecule has 0 aliphatic carbocycles. The zero-order valence-corrected chi connectivity index (χ0v) is 15.1. The fraction of sp³-hybridized carbons (Fsp3) is 0.316. The number of carboxylic acid groups (broad SMARTS) is 1. The summed E-state index contributed by atoms with van der Waals surface area (Å²) < 4.78 is 6.79. The maximum atomic E-state index is 11.6. The molecule has 0 radical (unpaired) electrons. The van der Waals surface area contributed by atoms with Gasteiger partial charge in [0.2, 0.25) is 0 Å². The molecule has 0 spiro atoms. The van der Waals surface area contributed by atoms with E-state index >= 15 is 0 Å². The highest BCUT2D eigenvalue weighted by atomic mass is 79.9. The van der Waals surface area contributed by atoms with Gasteiger partial charge in [0, 0.05) is 10.9 Å². The molecule has 0 aliphatic rings. The molecular formula is C19H21BrO3. The third kappa shape index (κ3) is 4.83. The number of ether oxygens (including phenoxy) is 1. The summed E-state index contributed by atoms with van der Waals surface area (Å²) in [6, 6.07) is 15.2. The molecule has 2 aromatic carbocycles. The van der Waals surface area contributed by atoms with Crippen LogP contribution < -0.4 is 4.74 Å².